The van der Waals surface area contributed by atoms with Crippen LogP contribution in [0.25, 0.3) is 0 Å². The summed E-state index contributed by atoms with van der Waals surface area (Å²) in [5, 5.41) is 12.3. The molecular weight excluding hydrogens is 608 g/mol. The number of quaternary nitrogens is 2. The lowest BCUT2D eigenvalue weighted by atomic mass is 9.73. The minimum atomic E-state index is -0.418. The second-order valence-corrected chi connectivity index (χ2v) is 13.7. The molecule has 0 heterocycles. The fourth-order valence-electron chi connectivity index (χ4n) is 6.48. The number of ketones is 2. The Kier molecular flexibility index (Phi) is 13.9. The lowest BCUT2D eigenvalue weighted by Crippen LogP contribution is -2.83. The second kappa shape index (κ2) is 18.3. The number of Topliss-reactive ketones (excluding diaryl/α,β-unsaturated/α-hetero) is 2. The predicted molar refractivity (Wildman–Crippen MR) is 205 cm³/mol. The van der Waals surface area contributed by atoms with E-state index in [-0.39, 0.29) is 11.6 Å². The Morgan fingerprint density at radius 2 is 1.86 bits per heavy atom. The van der Waals surface area contributed by atoms with Crippen LogP contribution >= 0.6 is 0 Å². The molecule has 8 nitrogen and oxygen atoms in total. The van der Waals surface area contributed by atoms with Crippen LogP contribution in [0.5, 0.6) is 0 Å². The molecule has 0 radical (unpaired) electrons. The number of fused-ring (bicyclic) bond motifs is 2. The highest BCUT2D eigenvalue weighted by Crippen LogP contribution is 2.41. The van der Waals surface area contributed by atoms with Gasteiger partial charge in [-0.25, -0.2) is 0 Å². The van der Waals surface area contributed by atoms with Crippen molar-refractivity contribution in [3.05, 3.63) is 113 Å². The molecule has 260 valence electrons. The van der Waals surface area contributed by atoms with Crippen LogP contribution in [0.2, 0.25) is 0 Å². The summed E-state index contributed by atoms with van der Waals surface area (Å²) < 4.78 is 0.959. The smallest absolute Gasteiger partial charge is 0.192 e. The number of aryl methyl sites for hydroxylation is 1. The van der Waals surface area contributed by atoms with Gasteiger partial charge in [-0.2, -0.15) is 5.10 Å². The third-order valence-corrected chi connectivity index (χ3v) is 9.40. The summed E-state index contributed by atoms with van der Waals surface area (Å²) in [6, 6.07) is 12.0. The van der Waals surface area contributed by atoms with E-state index in [1.807, 2.05) is 79.8 Å². The number of hydrogen-bond acceptors (Lipinski definition) is 6. The predicted octanol–water partition coefficient (Wildman–Crippen LogP) is 6.25. The summed E-state index contributed by atoms with van der Waals surface area (Å²) in [6.07, 6.45) is 21.9. The number of nitrogen functional groups attached to an aromatic ring is 1. The summed E-state index contributed by atoms with van der Waals surface area (Å²) >= 11 is 0. The molecule has 0 aromatic heterocycles. The van der Waals surface area contributed by atoms with Crippen LogP contribution in [0.4, 0.5) is 17.1 Å². The van der Waals surface area contributed by atoms with Gasteiger partial charge in [0.2, 0.25) is 0 Å². The molecule has 0 fully saturated rings. The van der Waals surface area contributed by atoms with Gasteiger partial charge in [0.15, 0.2) is 11.6 Å². The largest absolute Gasteiger partial charge is 0.398 e. The number of nitrogens with two attached hydrogens (primary N) is 2. The fourth-order valence-corrected chi connectivity index (χ4v) is 6.48. The second-order valence-electron chi connectivity index (χ2n) is 13.7. The number of unbranched alkanes of at least 4 members (excludes halogenated alkanes) is 3. The van der Waals surface area contributed by atoms with E-state index in [2.05, 4.69) is 48.6 Å². The number of benzene rings is 2. The van der Waals surface area contributed by atoms with Gasteiger partial charge in [-0.05, 0) is 74.4 Å². The minimum Gasteiger partial charge on any atom is -0.398 e. The summed E-state index contributed by atoms with van der Waals surface area (Å²) in [4.78, 5) is 26.9. The number of allylic oxidation sites excluding steroid dienone is 8. The summed E-state index contributed by atoms with van der Waals surface area (Å²) in [7, 11) is 6.53. The fraction of sp³-hybridized carbons (Fsp3) is 0.390. The number of nitrogens with zero attached hydrogens (tertiary/aromatic N) is 3. The van der Waals surface area contributed by atoms with Gasteiger partial charge in [-0.15, -0.1) is 0 Å². The highest BCUT2D eigenvalue weighted by atomic mass is 16.1. The molecule has 4 rings (SSSR count). The van der Waals surface area contributed by atoms with Gasteiger partial charge in [0.25, 0.3) is 0 Å². The van der Waals surface area contributed by atoms with Crippen molar-refractivity contribution in [1.82, 2.24) is 0 Å². The molecular formula is C41H56N6O2+2. The lowest BCUT2D eigenvalue weighted by Gasteiger charge is -2.31. The lowest BCUT2D eigenvalue weighted by molar-refractivity contribution is -0.890. The zero-order valence-electron chi connectivity index (χ0n) is 30.0. The Balaban J connectivity index is 1.11. The first-order chi connectivity index (χ1) is 23.6. The van der Waals surface area contributed by atoms with Gasteiger partial charge >= 0.3 is 0 Å². The number of carbonyl (C=O) groups is 2. The van der Waals surface area contributed by atoms with E-state index >= 15 is 0 Å². The van der Waals surface area contributed by atoms with Crippen molar-refractivity contribution in [2.75, 3.05) is 69.9 Å². The molecule has 1 unspecified atom stereocenters. The Bertz CT molecular complexity index is 1620. The van der Waals surface area contributed by atoms with E-state index in [1.54, 1.807) is 12.2 Å². The summed E-state index contributed by atoms with van der Waals surface area (Å²) in [6.45, 7) is 10.7. The van der Waals surface area contributed by atoms with E-state index < -0.39 is 5.92 Å². The Hall–Kier alpha value is -4.53. The SMILES string of the molecule is C=CC=C(C=CC[NH2+]CCCCCC[N+](C)(C)CCCNc1cc(C)c(N)c2c1C(=O)C1=CC=CCC1C2=O)C=NN(C)c1ccccc1. The van der Waals surface area contributed by atoms with E-state index in [0.717, 1.165) is 66.1 Å². The van der Waals surface area contributed by atoms with Crippen LogP contribution in [-0.4, -0.2) is 76.1 Å². The molecule has 0 saturated carbocycles. The highest BCUT2D eigenvalue weighted by Gasteiger charge is 2.40. The molecule has 1 atom stereocenters. The van der Waals surface area contributed by atoms with Crippen molar-refractivity contribution in [2.24, 2.45) is 11.0 Å². The first kappa shape index (κ1) is 37.3. The number of hydrogen-bond donors (Lipinski definition) is 3. The summed E-state index contributed by atoms with van der Waals surface area (Å²) in [5.41, 5.74) is 11.8. The van der Waals surface area contributed by atoms with Crippen LogP contribution in [-0.2, 0) is 0 Å². The molecule has 0 saturated heterocycles. The Morgan fingerprint density at radius 3 is 2.63 bits per heavy atom. The maximum atomic E-state index is 13.5. The Labute approximate surface area is 293 Å². The van der Waals surface area contributed by atoms with Crippen molar-refractivity contribution < 1.29 is 19.4 Å². The van der Waals surface area contributed by atoms with E-state index in [9.17, 15) is 9.59 Å². The summed E-state index contributed by atoms with van der Waals surface area (Å²) in [5.74, 6) is -0.536. The van der Waals surface area contributed by atoms with Gasteiger partial charge < -0.3 is 20.9 Å². The molecule has 0 aliphatic heterocycles. The number of rotatable bonds is 19. The van der Waals surface area contributed by atoms with E-state index in [0.29, 0.717) is 28.8 Å². The standard InChI is InChI=1S/C41H54N6O2/c1-6-18-32(30-45-46(3)33-20-10-9-11-21-33)19-16-25-43-24-14-7-8-15-27-47(4,5)28-17-26-44-36-29-31(2)39(42)38-37(36)40(48)34-22-12-13-23-35(34)41(38)49/h6,9-13,16,18-22,29-30,35,43H,1,7-8,14-15,17,23-28H2,2-5H3,(H2-,42,44,48,49)/p+2. The third kappa shape index (κ3) is 10.5. The zero-order chi connectivity index (χ0) is 35.2. The maximum Gasteiger partial charge on any atom is 0.192 e. The maximum absolute atomic E-state index is 13.5. The average molecular weight is 665 g/mol. The van der Waals surface area contributed by atoms with Gasteiger partial charge in [0, 0.05) is 37.0 Å². The van der Waals surface area contributed by atoms with Crippen LogP contribution in [0.1, 0.15) is 64.8 Å². The molecule has 0 amide bonds. The van der Waals surface area contributed by atoms with Crippen LogP contribution < -0.4 is 21.4 Å². The average Bonchev–Trinajstić information content (AvgIpc) is 3.10. The van der Waals surface area contributed by atoms with Gasteiger partial charge in [0.05, 0.1) is 69.2 Å². The first-order valence-corrected chi connectivity index (χ1v) is 17.7. The van der Waals surface area contributed by atoms with Crippen molar-refractivity contribution in [2.45, 2.75) is 45.4 Å². The van der Waals surface area contributed by atoms with Crippen molar-refractivity contribution in [3.63, 3.8) is 0 Å². The number of carbonyl (C=O) groups excluding carboxylic acids is 2. The quantitative estimate of drug-likeness (QED) is 0.0411. The molecule has 0 spiro atoms. The molecule has 2 aliphatic rings. The number of para-hydroxylation sites is 1. The monoisotopic (exact) mass is 664 g/mol. The third-order valence-electron chi connectivity index (χ3n) is 9.40. The van der Waals surface area contributed by atoms with Crippen LogP contribution in [0.15, 0.2) is 102 Å². The molecule has 49 heavy (non-hydrogen) atoms. The zero-order valence-corrected chi connectivity index (χ0v) is 30.0. The number of anilines is 3. The molecule has 2 aromatic rings. The minimum absolute atomic E-state index is 0.0400. The van der Waals surface area contributed by atoms with Gasteiger partial charge in [-0.1, -0.05) is 61.2 Å². The van der Waals surface area contributed by atoms with E-state index in [1.165, 1.54) is 25.7 Å². The molecule has 8 heteroatoms. The molecule has 2 aliphatic carbocycles. The highest BCUT2D eigenvalue weighted by molar-refractivity contribution is 6.28. The van der Waals surface area contributed by atoms with Crippen molar-refractivity contribution in [1.29, 1.82) is 0 Å². The van der Waals surface area contributed by atoms with Gasteiger partial charge in [0.1, 0.15) is 0 Å². The van der Waals surface area contributed by atoms with Crippen molar-refractivity contribution in [3.8, 4) is 0 Å². The molecule has 0 bridgehead atoms. The molecule has 5 N–H and O–H groups in total. The first-order valence-electron chi connectivity index (χ1n) is 17.7. The number of nitrogens with one attached hydrogen (secondary N) is 1. The van der Waals surface area contributed by atoms with Gasteiger partial charge in [-0.3, -0.25) is 14.6 Å². The van der Waals surface area contributed by atoms with Crippen LogP contribution in [0.3, 0.4) is 0 Å². The van der Waals surface area contributed by atoms with Crippen molar-refractivity contribution >= 4 is 34.8 Å². The Morgan fingerprint density at radius 1 is 1.10 bits per heavy atom. The molecule has 2 aromatic carbocycles. The topological polar surface area (TPSA) is 104 Å². The normalized spacial score (nSPS) is 16.2. The number of hydrazone groups is 1. The van der Waals surface area contributed by atoms with Crippen LogP contribution in [0, 0.1) is 12.8 Å². The van der Waals surface area contributed by atoms with E-state index in [4.69, 9.17) is 5.73 Å².